The monoisotopic (exact) mass is 112 g/mol. The van der Waals surface area contributed by atoms with Crippen molar-refractivity contribution >= 4 is 5.97 Å². The first kappa shape index (κ1) is 10.4. The molecule has 0 aliphatic heterocycles. The van der Waals surface area contributed by atoms with E-state index < -0.39 is 12.1 Å². The minimum Gasteiger partial charge on any atom is -0.844 e. The zero-order valence-electron chi connectivity index (χ0n) is 4.34. The zero-order valence-corrected chi connectivity index (χ0v) is 6.34. The van der Waals surface area contributed by atoms with Crippen LogP contribution in [-0.2, 0) is 4.79 Å². The number of carboxylic acid groups (broad SMARTS) is 1. The summed E-state index contributed by atoms with van der Waals surface area (Å²) in [6.45, 7) is 1.09. The van der Waals surface area contributed by atoms with Gasteiger partial charge in [-0.15, -0.1) is 0 Å². The predicted octanol–water partition coefficient (Wildman–Crippen LogP) is -4.18. The summed E-state index contributed by atoms with van der Waals surface area (Å²) in [6.07, 6.45) is -1.48. The molecule has 0 bridgehead atoms. The fourth-order valence-electron chi connectivity index (χ4n) is 0. The molecule has 7 heavy (non-hydrogen) atoms. The van der Waals surface area contributed by atoms with Gasteiger partial charge < -0.3 is 10.2 Å². The van der Waals surface area contributed by atoms with Crippen LogP contribution in [0.2, 0.25) is 0 Å². The summed E-state index contributed by atoms with van der Waals surface area (Å²) < 4.78 is 0. The Kier molecular flexibility index (Phi) is 6.82. The maximum absolute atomic E-state index is 9.63. The average molecular weight is 112 g/mol. The zero-order chi connectivity index (χ0) is 5.15. The van der Waals surface area contributed by atoms with Crippen LogP contribution in [0.1, 0.15) is 6.92 Å². The minimum absolute atomic E-state index is 0. The van der Waals surface area contributed by atoms with E-state index in [4.69, 9.17) is 5.11 Å². The van der Waals surface area contributed by atoms with Crippen LogP contribution >= 0.6 is 0 Å². The van der Waals surface area contributed by atoms with Gasteiger partial charge in [0, 0.05) is 0 Å². The Morgan fingerprint density at radius 1 is 1.86 bits per heavy atom. The molecule has 0 saturated carbocycles. The number of aliphatic carboxylic acids is 1. The van der Waals surface area contributed by atoms with Gasteiger partial charge in [-0.25, -0.2) is 0 Å². The van der Waals surface area contributed by atoms with Crippen molar-refractivity contribution in [2.24, 2.45) is 0 Å². The molecule has 0 aromatic heterocycles. The van der Waals surface area contributed by atoms with Gasteiger partial charge in [-0.3, -0.25) is 4.79 Å². The Labute approximate surface area is 63.6 Å². The van der Waals surface area contributed by atoms with E-state index in [1.54, 1.807) is 0 Å². The molecule has 4 heteroatoms. The van der Waals surface area contributed by atoms with Crippen LogP contribution in [-0.4, -0.2) is 17.2 Å². The smallest absolute Gasteiger partial charge is 0.844 e. The van der Waals surface area contributed by atoms with Crippen molar-refractivity contribution < 1.29 is 44.6 Å². The van der Waals surface area contributed by atoms with Gasteiger partial charge in [0.1, 0.15) is 0 Å². The van der Waals surface area contributed by atoms with Crippen LogP contribution in [0.15, 0.2) is 0 Å². The molecule has 0 radical (unpaired) electrons. The van der Waals surface area contributed by atoms with E-state index in [1.165, 1.54) is 0 Å². The number of hydrogen-bond donors (Lipinski definition) is 1. The molecule has 0 rings (SSSR count). The molecule has 0 aromatic rings. The van der Waals surface area contributed by atoms with Crippen LogP contribution in [0.3, 0.4) is 0 Å². The second-order valence-electron chi connectivity index (χ2n) is 0.980. The third-order valence-electron chi connectivity index (χ3n) is 0.348. The van der Waals surface area contributed by atoms with Crippen molar-refractivity contribution in [3.63, 3.8) is 0 Å². The largest absolute Gasteiger partial charge is 1.00 e. The summed E-state index contributed by atoms with van der Waals surface area (Å²) in [7, 11) is 0. The minimum atomic E-state index is -1.48. The van der Waals surface area contributed by atoms with Gasteiger partial charge in [0.25, 0.3) is 5.97 Å². The Balaban J connectivity index is 0. The maximum Gasteiger partial charge on any atom is 1.00 e. The van der Waals surface area contributed by atoms with Gasteiger partial charge in [-0.05, 0) is 6.10 Å². The van der Waals surface area contributed by atoms with Crippen LogP contribution in [0.4, 0.5) is 0 Å². The molecule has 0 heterocycles. The van der Waals surface area contributed by atoms with Crippen molar-refractivity contribution in [1.82, 2.24) is 0 Å². The van der Waals surface area contributed by atoms with Gasteiger partial charge in [0.15, 0.2) is 0 Å². The summed E-state index contributed by atoms with van der Waals surface area (Å²) >= 11 is 0. The van der Waals surface area contributed by atoms with Gasteiger partial charge in [-0.2, -0.15) is 0 Å². The molecule has 1 N–H and O–H groups in total. The molecule has 3 nitrogen and oxygen atoms in total. The topological polar surface area (TPSA) is 60.4 Å². The Hall–Kier alpha value is 0.430. The van der Waals surface area contributed by atoms with E-state index in [9.17, 15) is 9.90 Å². The quantitative estimate of drug-likeness (QED) is 0.350. The molecular formula is C3H5NaO3. The first-order valence-electron chi connectivity index (χ1n) is 1.53. The summed E-state index contributed by atoms with van der Waals surface area (Å²) in [5.41, 5.74) is 0. The second-order valence-corrected chi connectivity index (χ2v) is 0.980. The predicted molar refractivity (Wildman–Crippen MR) is 17.1 cm³/mol. The van der Waals surface area contributed by atoms with Crippen LogP contribution in [0, 0.1) is 0 Å². The molecule has 1 unspecified atom stereocenters. The van der Waals surface area contributed by atoms with Gasteiger partial charge in [0.2, 0.25) is 0 Å². The van der Waals surface area contributed by atoms with Gasteiger partial charge in [-0.1, -0.05) is 6.92 Å². The van der Waals surface area contributed by atoms with Crippen molar-refractivity contribution in [3.05, 3.63) is 0 Å². The van der Waals surface area contributed by atoms with Crippen molar-refractivity contribution in [2.75, 3.05) is 0 Å². The molecule has 1 atom stereocenters. The van der Waals surface area contributed by atoms with E-state index in [0.717, 1.165) is 6.92 Å². The molecular weight excluding hydrogens is 107 g/mol. The molecule has 36 valence electrons. The van der Waals surface area contributed by atoms with E-state index in [1.807, 2.05) is 0 Å². The first-order valence-corrected chi connectivity index (χ1v) is 1.53. The van der Waals surface area contributed by atoms with Crippen molar-refractivity contribution in [2.45, 2.75) is 13.0 Å². The summed E-state index contributed by atoms with van der Waals surface area (Å²) in [6, 6.07) is 0. The molecule has 0 aliphatic rings. The Morgan fingerprint density at radius 3 is 2.00 bits per heavy atom. The Morgan fingerprint density at radius 2 is 2.00 bits per heavy atom. The molecule has 0 aromatic carbocycles. The summed E-state index contributed by atoms with van der Waals surface area (Å²) in [5, 5.41) is 17.3. The second kappa shape index (κ2) is 4.59. The van der Waals surface area contributed by atoms with Crippen LogP contribution < -0.4 is 34.7 Å². The SMILES string of the molecule is CC([O-])C(=O)O.[Na+]. The third-order valence-corrected chi connectivity index (χ3v) is 0.348. The van der Waals surface area contributed by atoms with Gasteiger partial charge in [0.05, 0.1) is 0 Å². The number of carboxylic acids is 1. The number of hydrogen-bond acceptors (Lipinski definition) is 2. The summed E-state index contributed by atoms with van der Waals surface area (Å²) in [4.78, 5) is 9.39. The van der Waals surface area contributed by atoms with Gasteiger partial charge >= 0.3 is 29.6 Å². The fourth-order valence-corrected chi connectivity index (χ4v) is 0. The van der Waals surface area contributed by atoms with E-state index in [-0.39, 0.29) is 29.6 Å². The first-order chi connectivity index (χ1) is 2.64. The number of rotatable bonds is 1. The molecule has 0 saturated heterocycles. The van der Waals surface area contributed by atoms with Crippen molar-refractivity contribution in [1.29, 1.82) is 0 Å². The van der Waals surface area contributed by atoms with Crippen LogP contribution in [0.5, 0.6) is 0 Å². The number of carbonyl (C=O) groups is 1. The molecule has 0 amide bonds. The average Bonchev–Trinajstić information content (AvgIpc) is 1.36. The normalized spacial score (nSPS) is 11.7. The molecule has 0 aliphatic carbocycles. The fraction of sp³-hybridized carbons (Fsp3) is 0.667. The molecule has 0 fully saturated rings. The maximum atomic E-state index is 9.63. The van der Waals surface area contributed by atoms with E-state index in [2.05, 4.69) is 0 Å². The Bertz CT molecular complexity index is 61.2. The van der Waals surface area contributed by atoms with E-state index >= 15 is 0 Å². The third kappa shape index (κ3) is 6.43. The molecule has 0 spiro atoms. The standard InChI is InChI=1S/C3H5O3.Na/c1-2(4)3(5)6;/h2H,1H3,(H,5,6);/q-1;+1. The van der Waals surface area contributed by atoms with E-state index in [0.29, 0.717) is 0 Å². The summed E-state index contributed by atoms with van der Waals surface area (Å²) in [5.74, 6) is -1.30. The van der Waals surface area contributed by atoms with Crippen molar-refractivity contribution in [3.8, 4) is 0 Å². The van der Waals surface area contributed by atoms with Crippen LogP contribution in [0.25, 0.3) is 0 Å².